The highest BCUT2D eigenvalue weighted by molar-refractivity contribution is 5.68. The van der Waals surface area contributed by atoms with E-state index >= 15 is 0 Å². The zero-order valence-electron chi connectivity index (χ0n) is 11.2. The molecule has 14 heavy (non-hydrogen) atoms. The summed E-state index contributed by atoms with van der Waals surface area (Å²) < 4.78 is 20.2. The van der Waals surface area contributed by atoms with Crippen molar-refractivity contribution in [1.82, 2.24) is 4.90 Å². The lowest BCUT2D eigenvalue weighted by molar-refractivity contribution is 0.0121. The Morgan fingerprint density at radius 1 is 1.50 bits per heavy atom. The second-order valence-electron chi connectivity index (χ2n) is 4.74. The molecule has 0 saturated carbocycles. The molecule has 0 aliphatic carbocycles. The number of carbonyl (C=O) groups excluding carboxylic acids is 1. The van der Waals surface area contributed by atoms with Crippen molar-refractivity contribution < 1.29 is 12.3 Å². The van der Waals surface area contributed by atoms with Crippen LogP contribution in [0.1, 0.15) is 49.7 Å². The summed E-state index contributed by atoms with van der Waals surface area (Å²) in [4.78, 5) is 13.4. The smallest absolute Gasteiger partial charge is 0.410 e. The van der Waals surface area contributed by atoms with E-state index in [0.29, 0.717) is 6.54 Å². The summed E-state index contributed by atoms with van der Waals surface area (Å²) in [7, 11) is 0. The van der Waals surface area contributed by atoms with Crippen molar-refractivity contribution in [3.8, 4) is 0 Å². The predicted molar refractivity (Wildman–Crippen MR) is 56.3 cm³/mol. The van der Waals surface area contributed by atoms with Gasteiger partial charge in [0.15, 0.2) is 0 Å². The topological polar surface area (TPSA) is 29.5 Å². The Balaban J connectivity index is 2.64. The standard InChI is InChI=1S/C11H21NO2/c1-9-7-5-6-8-12(9)10(13)14-11(2,3)4/h9H,5-8H2,1-4H3/i1D2. The van der Waals surface area contributed by atoms with Crippen LogP contribution in [0.15, 0.2) is 0 Å². The van der Waals surface area contributed by atoms with E-state index in [2.05, 4.69) is 0 Å². The Kier molecular flexibility index (Phi) is 2.57. The Bertz CT molecular complexity index is 251. The molecule has 1 atom stereocenters. The van der Waals surface area contributed by atoms with Crippen LogP contribution in [0.5, 0.6) is 0 Å². The molecule has 0 aromatic rings. The number of amides is 1. The van der Waals surface area contributed by atoms with Crippen molar-refractivity contribution in [1.29, 1.82) is 0 Å². The quantitative estimate of drug-likeness (QED) is 0.603. The van der Waals surface area contributed by atoms with Gasteiger partial charge in [-0.05, 0) is 46.9 Å². The Morgan fingerprint density at radius 2 is 2.21 bits per heavy atom. The zero-order valence-corrected chi connectivity index (χ0v) is 9.25. The van der Waals surface area contributed by atoms with Gasteiger partial charge in [-0.2, -0.15) is 0 Å². The van der Waals surface area contributed by atoms with E-state index in [1.807, 2.05) is 20.8 Å². The van der Waals surface area contributed by atoms with Gasteiger partial charge in [0.25, 0.3) is 0 Å². The van der Waals surface area contributed by atoms with Crippen molar-refractivity contribution in [2.75, 3.05) is 6.54 Å². The van der Waals surface area contributed by atoms with E-state index in [1.165, 1.54) is 0 Å². The molecule has 0 aromatic carbocycles. The van der Waals surface area contributed by atoms with Gasteiger partial charge in [-0.3, -0.25) is 0 Å². The fraction of sp³-hybridized carbons (Fsp3) is 0.909. The van der Waals surface area contributed by atoms with Crippen LogP contribution in [0.2, 0.25) is 0 Å². The molecule has 0 radical (unpaired) electrons. The van der Waals surface area contributed by atoms with Gasteiger partial charge in [0.2, 0.25) is 0 Å². The fourth-order valence-corrected chi connectivity index (χ4v) is 1.50. The van der Waals surface area contributed by atoms with Crippen molar-refractivity contribution in [3.63, 3.8) is 0 Å². The summed E-state index contributed by atoms with van der Waals surface area (Å²) in [5, 5.41) is 0. The maximum Gasteiger partial charge on any atom is 0.410 e. The monoisotopic (exact) mass is 201 g/mol. The average molecular weight is 201 g/mol. The molecule has 3 heteroatoms. The molecule has 1 aliphatic heterocycles. The minimum absolute atomic E-state index is 0.316. The molecule has 0 aromatic heterocycles. The van der Waals surface area contributed by atoms with Gasteiger partial charge in [0.05, 0.1) is 0 Å². The Hall–Kier alpha value is -0.730. The molecule has 1 saturated heterocycles. The van der Waals surface area contributed by atoms with Crippen molar-refractivity contribution in [3.05, 3.63) is 0 Å². The van der Waals surface area contributed by atoms with Gasteiger partial charge in [-0.25, -0.2) is 4.79 Å². The van der Waals surface area contributed by atoms with Crippen molar-refractivity contribution >= 4 is 6.09 Å². The molecular formula is C11H21NO2. The summed E-state index contributed by atoms with van der Waals surface area (Å²) in [5.41, 5.74) is -0.515. The van der Waals surface area contributed by atoms with Crippen LogP contribution < -0.4 is 0 Å². The second-order valence-corrected chi connectivity index (χ2v) is 4.74. The first-order chi connectivity index (χ1) is 7.31. The molecule has 82 valence electrons. The number of piperidine rings is 1. The molecule has 1 amide bonds. The van der Waals surface area contributed by atoms with Gasteiger partial charge in [0.1, 0.15) is 5.60 Å². The molecule has 1 rings (SSSR count). The van der Waals surface area contributed by atoms with Gasteiger partial charge >= 0.3 is 6.09 Å². The van der Waals surface area contributed by atoms with Crippen LogP contribution in [0.4, 0.5) is 4.79 Å². The van der Waals surface area contributed by atoms with Crippen LogP contribution in [-0.2, 0) is 4.74 Å². The lowest BCUT2D eigenvalue weighted by Crippen LogP contribution is -2.44. The van der Waals surface area contributed by atoms with Gasteiger partial charge < -0.3 is 9.64 Å². The third kappa shape index (κ3) is 3.20. The van der Waals surface area contributed by atoms with Crippen LogP contribution >= 0.6 is 0 Å². The molecule has 0 bridgehead atoms. The van der Waals surface area contributed by atoms with Crippen LogP contribution in [0.3, 0.4) is 0 Å². The number of hydrogen-bond donors (Lipinski definition) is 0. The minimum Gasteiger partial charge on any atom is -0.444 e. The van der Waals surface area contributed by atoms with Gasteiger partial charge in [-0.1, -0.05) is 0 Å². The van der Waals surface area contributed by atoms with Gasteiger partial charge in [0, 0.05) is 15.3 Å². The predicted octanol–water partition coefficient (Wildman–Crippen LogP) is 2.80. The normalized spacial score (nSPS) is 25.7. The van der Waals surface area contributed by atoms with E-state index in [0.717, 1.165) is 19.3 Å². The lowest BCUT2D eigenvalue weighted by atomic mass is 10.0. The molecule has 0 N–H and O–H groups in total. The second kappa shape index (κ2) is 4.20. The maximum atomic E-state index is 11.9. The van der Waals surface area contributed by atoms with Crippen molar-refractivity contribution in [2.45, 2.75) is 58.6 Å². The lowest BCUT2D eigenvalue weighted by Gasteiger charge is -2.34. The van der Waals surface area contributed by atoms with E-state index in [4.69, 9.17) is 7.48 Å². The van der Waals surface area contributed by atoms with Crippen molar-refractivity contribution in [2.24, 2.45) is 0 Å². The number of ether oxygens (including phenoxy) is 1. The summed E-state index contributed by atoms with van der Waals surface area (Å²) in [6.07, 6.45) is 2.26. The van der Waals surface area contributed by atoms with Gasteiger partial charge in [-0.15, -0.1) is 0 Å². The highest BCUT2D eigenvalue weighted by atomic mass is 16.6. The summed E-state index contributed by atoms with van der Waals surface area (Å²) >= 11 is 0. The van der Waals surface area contributed by atoms with Crippen LogP contribution in [-0.4, -0.2) is 29.2 Å². The number of carbonyl (C=O) groups is 1. The van der Waals surface area contributed by atoms with E-state index in [1.54, 1.807) is 4.90 Å². The first-order valence-electron chi connectivity index (χ1n) is 6.31. The molecule has 0 spiro atoms. The third-order valence-electron chi connectivity index (χ3n) is 2.18. The Labute approximate surface area is 89.2 Å². The van der Waals surface area contributed by atoms with Crippen LogP contribution in [0, 0.1) is 0 Å². The molecule has 3 nitrogen and oxygen atoms in total. The Morgan fingerprint density at radius 3 is 2.79 bits per heavy atom. The maximum absolute atomic E-state index is 11.9. The first-order valence-corrected chi connectivity index (χ1v) is 5.15. The van der Waals surface area contributed by atoms with Crippen LogP contribution in [0.25, 0.3) is 0 Å². The average Bonchev–Trinajstić information content (AvgIpc) is 2.15. The highest BCUT2D eigenvalue weighted by Crippen LogP contribution is 2.19. The molecule has 1 fully saturated rings. The number of likely N-dealkylation sites (tertiary alicyclic amines) is 1. The van der Waals surface area contributed by atoms with E-state index in [-0.39, 0.29) is 12.1 Å². The summed E-state index contributed by atoms with van der Waals surface area (Å²) in [6.45, 7) is 5.08. The third-order valence-corrected chi connectivity index (χ3v) is 2.18. The number of nitrogens with zero attached hydrogens (tertiary/aromatic N) is 1. The summed E-state index contributed by atoms with van der Waals surface area (Å²) in [5.74, 6) is 0. The number of hydrogen-bond acceptors (Lipinski definition) is 2. The molecule has 1 unspecified atom stereocenters. The highest BCUT2D eigenvalue weighted by Gasteiger charge is 2.27. The molecular weight excluding hydrogens is 178 g/mol. The number of rotatable bonds is 0. The minimum atomic E-state index is -0.993. The zero-order chi connectivity index (χ0) is 12.3. The summed E-state index contributed by atoms with van der Waals surface area (Å²) in [6, 6.07) is -0.316. The first kappa shape index (κ1) is 8.57. The van der Waals surface area contributed by atoms with E-state index in [9.17, 15) is 4.79 Å². The fourth-order valence-electron chi connectivity index (χ4n) is 1.50. The largest absolute Gasteiger partial charge is 0.444 e. The molecule has 1 heterocycles. The molecule has 1 aliphatic rings. The SMILES string of the molecule is [2H]C([2H])C1CCCCN1C(=O)OC(C)(C)C. The van der Waals surface area contributed by atoms with E-state index < -0.39 is 12.5 Å².